The summed E-state index contributed by atoms with van der Waals surface area (Å²) < 4.78 is 10.4. The Morgan fingerprint density at radius 2 is 2.19 bits per heavy atom. The number of hydrogen-bond donors (Lipinski definition) is 3. The zero-order chi connectivity index (χ0) is 15.4. The lowest BCUT2D eigenvalue weighted by Crippen LogP contribution is -2.26. The van der Waals surface area contributed by atoms with Crippen molar-refractivity contribution < 1.29 is 14.3 Å². The van der Waals surface area contributed by atoms with Crippen LogP contribution in [0.15, 0.2) is 0 Å². The van der Waals surface area contributed by atoms with Gasteiger partial charge in [-0.25, -0.2) is 0 Å². The number of nitrogen functional groups attached to an aromatic ring is 1. The van der Waals surface area contributed by atoms with Crippen molar-refractivity contribution in [1.82, 2.24) is 5.32 Å². The van der Waals surface area contributed by atoms with Gasteiger partial charge in [-0.3, -0.25) is 4.79 Å². The first-order valence-electron chi connectivity index (χ1n) is 7.02. The Hall–Kier alpha value is -1.31. The van der Waals surface area contributed by atoms with Crippen LogP contribution in [0.1, 0.15) is 34.0 Å². The van der Waals surface area contributed by atoms with Gasteiger partial charge in [-0.15, -0.1) is 11.3 Å². The monoisotopic (exact) mass is 313 g/mol. The molecule has 4 N–H and O–H groups in total. The Labute approximate surface area is 129 Å². The van der Waals surface area contributed by atoms with E-state index in [0.717, 1.165) is 23.4 Å². The van der Waals surface area contributed by atoms with E-state index < -0.39 is 0 Å². The molecule has 0 aliphatic heterocycles. The molecule has 1 fully saturated rings. The van der Waals surface area contributed by atoms with Crippen LogP contribution in [0.3, 0.4) is 0 Å². The van der Waals surface area contributed by atoms with Crippen LogP contribution in [0.5, 0.6) is 0 Å². The highest BCUT2D eigenvalue weighted by Gasteiger charge is 2.32. The molecule has 1 saturated carbocycles. The molecule has 1 aliphatic carbocycles. The number of hydrogen-bond acceptors (Lipinski definition) is 6. The van der Waals surface area contributed by atoms with Gasteiger partial charge in [-0.05, 0) is 18.8 Å². The van der Waals surface area contributed by atoms with Crippen molar-refractivity contribution in [2.24, 2.45) is 0 Å². The van der Waals surface area contributed by atoms with Gasteiger partial charge in [0.1, 0.15) is 4.88 Å². The largest absolute Gasteiger partial charge is 0.397 e. The van der Waals surface area contributed by atoms with E-state index in [-0.39, 0.29) is 12.0 Å². The number of nitrogens with one attached hydrogen (secondary N) is 2. The first-order chi connectivity index (χ1) is 10.1. The van der Waals surface area contributed by atoms with Crippen LogP contribution in [-0.2, 0) is 9.47 Å². The summed E-state index contributed by atoms with van der Waals surface area (Å²) in [6.07, 6.45) is 2.23. The van der Waals surface area contributed by atoms with Crippen LogP contribution in [0, 0.1) is 0 Å². The van der Waals surface area contributed by atoms with Gasteiger partial charge in [0.05, 0.1) is 23.4 Å². The van der Waals surface area contributed by atoms with E-state index in [1.54, 1.807) is 21.3 Å². The number of methoxy groups -OCH3 is 2. The molecule has 0 bridgehead atoms. The lowest BCUT2D eigenvalue weighted by atomic mass is 10.1. The summed E-state index contributed by atoms with van der Waals surface area (Å²) >= 11 is 1.41. The molecule has 1 aromatic heterocycles. The topological polar surface area (TPSA) is 85.6 Å². The average molecular weight is 313 g/mol. The average Bonchev–Trinajstić information content (AvgIpc) is 3.27. The van der Waals surface area contributed by atoms with Crippen molar-refractivity contribution in [3.8, 4) is 0 Å². The molecule has 1 unspecified atom stereocenters. The molecule has 2 rings (SSSR count). The van der Waals surface area contributed by atoms with Crippen LogP contribution in [0.4, 0.5) is 10.7 Å². The third kappa shape index (κ3) is 3.66. The fourth-order valence-corrected chi connectivity index (χ4v) is 3.41. The predicted octanol–water partition coefficient (Wildman–Crippen LogP) is 1.64. The smallest absolute Gasteiger partial charge is 0.263 e. The minimum Gasteiger partial charge on any atom is -0.397 e. The van der Waals surface area contributed by atoms with Crippen LogP contribution in [0.25, 0.3) is 0 Å². The van der Waals surface area contributed by atoms with Crippen molar-refractivity contribution in [3.63, 3.8) is 0 Å². The van der Waals surface area contributed by atoms with Gasteiger partial charge >= 0.3 is 0 Å². The van der Waals surface area contributed by atoms with E-state index in [1.165, 1.54) is 11.3 Å². The zero-order valence-electron chi connectivity index (χ0n) is 12.7. The summed E-state index contributed by atoms with van der Waals surface area (Å²) in [5.41, 5.74) is 7.88. The highest BCUT2D eigenvalue weighted by atomic mass is 32.1. The fourth-order valence-electron chi connectivity index (χ4n) is 2.25. The number of carbonyl (C=O) groups is 1. The summed E-state index contributed by atoms with van der Waals surface area (Å²) in [6, 6.07) is 0. The first-order valence-corrected chi connectivity index (χ1v) is 7.83. The molecular weight excluding hydrogens is 290 g/mol. The second-order valence-corrected chi connectivity index (χ2v) is 6.16. The predicted molar refractivity (Wildman–Crippen MR) is 85.3 cm³/mol. The first kappa shape index (κ1) is 16.1. The Morgan fingerprint density at radius 3 is 2.71 bits per heavy atom. The van der Waals surface area contributed by atoms with E-state index in [0.29, 0.717) is 29.6 Å². The Balaban J connectivity index is 2.16. The van der Waals surface area contributed by atoms with E-state index in [9.17, 15) is 4.79 Å². The third-order valence-corrected chi connectivity index (χ3v) is 4.76. The van der Waals surface area contributed by atoms with Crippen molar-refractivity contribution in [1.29, 1.82) is 0 Å². The standard InChI is InChI=1S/C14H23N3O3S/c1-16-13(18)12-11(15)10(8-4-5-8)14(21-12)17-6-9(20-3)7-19-2/h8-9,17H,4-7,15H2,1-3H3,(H,16,18). The molecule has 1 heterocycles. The van der Waals surface area contributed by atoms with E-state index >= 15 is 0 Å². The molecule has 1 aromatic rings. The summed E-state index contributed by atoms with van der Waals surface area (Å²) in [5, 5.41) is 6.98. The van der Waals surface area contributed by atoms with Crippen molar-refractivity contribution in [2.45, 2.75) is 24.9 Å². The SMILES string of the molecule is CNC(=O)c1sc(NCC(COC)OC)c(C2CC2)c1N. The van der Waals surface area contributed by atoms with E-state index in [1.807, 2.05) is 0 Å². The lowest BCUT2D eigenvalue weighted by molar-refractivity contribution is 0.0366. The van der Waals surface area contributed by atoms with Crippen molar-refractivity contribution in [2.75, 3.05) is 45.5 Å². The second-order valence-electron chi connectivity index (χ2n) is 5.14. The lowest BCUT2D eigenvalue weighted by Gasteiger charge is -2.15. The fraction of sp³-hybridized carbons (Fsp3) is 0.643. The minimum atomic E-state index is -0.132. The summed E-state index contributed by atoms with van der Waals surface area (Å²) in [4.78, 5) is 12.5. The summed E-state index contributed by atoms with van der Waals surface area (Å²) in [5.74, 6) is 0.346. The maximum absolute atomic E-state index is 11.9. The number of anilines is 2. The molecule has 0 spiro atoms. The molecular formula is C14H23N3O3S. The molecule has 7 heteroatoms. The van der Waals surface area contributed by atoms with Gasteiger partial charge in [-0.1, -0.05) is 0 Å². The van der Waals surface area contributed by atoms with Crippen LogP contribution in [-0.4, -0.2) is 46.4 Å². The second kappa shape index (κ2) is 7.11. The van der Waals surface area contributed by atoms with Gasteiger partial charge < -0.3 is 25.8 Å². The molecule has 1 atom stereocenters. The number of thiophene rings is 1. The normalized spacial score (nSPS) is 15.8. The van der Waals surface area contributed by atoms with Gasteiger partial charge in [0.15, 0.2) is 0 Å². The Bertz CT molecular complexity index is 500. The molecule has 0 saturated heterocycles. The van der Waals surface area contributed by atoms with Crippen molar-refractivity contribution in [3.05, 3.63) is 10.4 Å². The minimum absolute atomic E-state index is 0.0335. The van der Waals surface area contributed by atoms with Gasteiger partial charge in [0.2, 0.25) is 0 Å². The molecule has 6 nitrogen and oxygen atoms in total. The molecule has 1 amide bonds. The molecule has 21 heavy (non-hydrogen) atoms. The maximum atomic E-state index is 11.9. The molecule has 0 aromatic carbocycles. The highest BCUT2D eigenvalue weighted by Crippen LogP contribution is 2.50. The summed E-state index contributed by atoms with van der Waals surface area (Å²) in [7, 11) is 4.92. The van der Waals surface area contributed by atoms with E-state index in [2.05, 4.69) is 10.6 Å². The third-order valence-electron chi connectivity index (χ3n) is 3.58. The molecule has 118 valence electrons. The number of amides is 1. The quantitative estimate of drug-likeness (QED) is 0.679. The molecule has 0 radical (unpaired) electrons. The summed E-state index contributed by atoms with van der Waals surface area (Å²) in [6.45, 7) is 1.14. The number of carbonyl (C=O) groups excluding carboxylic acids is 1. The van der Waals surface area contributed by atoms with Crippen LogP contribution < -0.4 is 16.4 Å². The van der Waals surface area contributed by atoms with Gasteiger partial charge in [0.25, 0.3) is 5.91 Å². The number of nitrogens with two attached hydrogens (primary N) is 1. The number of rotatable bonds is 8. The molecule has 1 aliphatic rings. The highest BCUT2D eigenvalue weighted by molar-refractivity contribution is 7.18. The van der Waals surface area contributed by atoms with Crippen LogP contribution >= 0.6 is 11.3 Å². The van der Waals surface area contributed by atoms with Gasteiger partial charge in [-0.2, -0.15) is 0 Å². The Kier molecular flexibility index (Phi) is 5.44. The Morgan fingerprint density at radius 1 is 1.48 bits per heavy atom. The van der Waals surface area contributed by atoms with Crippen molar-refractivity contribution >= 4 is 27.9 Å². The van der Waals surface area contributed by atoms with Gasteiger partial charge in [0, 0.05) is 33.4 Å². The zero-order valence-corrected chi connectivity index (χ0v) is 13.5. The van der Waals surface area contributed by atoms with E-state index in [4.69, 9.17) is 15.2 Å². The number of ether oxygens (including phenoxy) is 2. The maximum Gasteiger partial charge on any atom is 0.263 e. The van der Waals surface area contributed by atoms with Crippen LogP contribution in [0.2, 0.25) is 0 Å².